The topological polar surface area (TPSA) is 29.9 Å². The molecular formula is C21H25N3. The predicted octanol–water partition coefficient (Wildman–Crippen LogP) is 4.55. The second-order valence-corrected chi connectivity index (χ2v) is 7.03. The van der Waals surface area contributed by atoms with E-state index in [2.05, 4.69) is 67.1 Å². The molecule has 0 saturated carbocycles. The number of benzene rings is 2. The van der Waals surface area contributed by atoms with Crippen LogP contribution in [0.1, 0.15) is 35.6 Å². The van der Waals surface area contributed by atoms with Gasteiger partial charge in [-0.15, -0.1) is 0 Å². The van der Waals surface area contributed by atoms with Crippen LogP contribution in [0.2, 0.25) is 0 Å². The molecule has 0 aliphatic carbocycles. The summed E-state index contributed by atoms with van der Waals surface area (Å²) >= 11 is 0. The van der Waals surface area contributed by atoms with Gasteiger partial charge in [-0.2, -0.15) is 0 Å². The highest BCUT2D eigenvalue weighted by molar-refractivity contribution is 5.83. The Balaban J connectivity index is 1.99. The Labute approximate surface area is 143 Å². The molecule has 3 nitrogen and oxygen atoms in total. The van der Waals surface area contributed by atoms with E-state index >= 15 is 0 Å². The molecule has 3 aromatic rings. The molecule has 3 heteroatoms. The molecule has 1 N–H and O–H groups in total. The van der Waals surface area contributed by atoms with Crippen molar-refractivity contribution in [1.82, 2.24) is 14.9 Å². The first-order valence-corrected chi connectivity index (χ1v) is 8.91. The van der Waals surface area contributed by atoms with Gasteiger partial charge in [-0.05, 0) is 75.5 Å². The third-order valence-corrected chi connectivity index (χ3v) is 5.36. The molecule has 0 bridgehead atoms. The third-order valence-electron chi connectivity index (χ3n) is 5.36. The molecule has 2 heterocycles. The Morgan fingerprint density at radius 2 is 1.67 bits per heavy atom. The van der Waals surface area contributed by atoms with Gasteiger partial charge in [0.1, 0.15) is 5.82 Å². The lowest BCUT2D eigenvalue weighted by Crippen LogP contribution is -2.29. The Morgan fingerprint density at radius 3 is 2.42 bits per heavy atom. The quantitative estimate of drug-likeness (QED) is 0.751. The van der Waals surface area contributed by atoms with Crippen LogP contribution < -0.4 is 5.32 Å². The van der Waals surface area contributed by atoms with E-state index in [0.29, 0.717) is 6.04 Å². The first-order valence-electron chi connectivity index (χ1n) is 8.91. The maximum atomic E-state index is 5.06. The van der Waals surface area contributed by atoms with Gasteiger partial charge in [0.05, 0.1) is 11.0 Å². The van der Waals surface area contributed by atoms with Crippen LogP contribution in [-0.2, 0) is 0 Å². The van der Waals surface area contributed by atoms with Crippen LogP contribution >= 0.6 is 0 Å². The molecule has 0 amide bonds. The van der Waals surface area contributed by atoms with Crippen molar-refractivity contribution in [2.24, 2.45) is 0 Å². The molecule has 1 aromatic heterocycles. The van der Waals surface area contributed by atoms with E-state index in [4.69, 9.17) is 4.98 Å². The number of piperidine rings is 1. The Morgan fingerprint density at radius 1 is 0.958 bits per heavy atom. The van der Waals surface area contributed by atoms with Gasteiger partial charge < -0.3 is 9.88 Å². The number of nitrogens with zero attached hydrogens (tertiary/aromatic N) is 2. The van der Waals surface area contributed by atoms with Gasteiger partial charge in [-0.25, -0.2) is 4.98 Å². The van der Waals surface area contributed by atoms with Crippen molar-refractivity contribution in [1.29, 1.82) is 0 Å². The first-order chi connectivity index (χ1) is 11.6. The third kappa shape index (κ3) is 2.53. The number of imidazole rings is 1. The predicted molar refractivity (Wildman–Crippen MR) is 101 cm³/mol. The molecule has 2 aromatic carbocycles. The summed E-state index contributed by atoms with van der Waals surface area (Å²) in [5.41, 5.74) is 7.60. The molecule has 0 spiro atoms. The van der Waals surface area contributed by atoms with Crippen molar-refractivity contribution in [2.45, 2.75) is 39.7 Å². The monoisotopic (exact) mass is 319 g/mol. The lowest BCUT2D eigenvalue weighted by Gasteiger charge is -2.26. The molecule has 24 heavy (non-hydrogen) atoms. The standard InChI is InChI=1S/C21H25N3/c1-14-6-4-5-7-18(14)21-23-19-12-15(2)16(3)13-20(19)24(21)17-8-10-22-11-9-17/h4-7,12-13,17,22H,8-11H2,1-3H3. The molecule has 4 rings (SSSR count). The van der Waals surface area contributed by atoms with Crippen LogP contribution in [0.15, 0.2) is 36.4 Å². The van der Waals surface area contributed by atoms with Crippen LogP contribution in [0, 0.1) is 20.8 Å². The summed E-state index contributed by atoms with van der Waals surface area (Å²) in [5, 5.41) is 3.48. The van der Waals surface area contributed by atoms with Gasteiger partial charge in [0.25, 0.3) is 0 Å². The minimum atomic E-state index is 0.521. The maximum absolute atomic E-state index is 5.06. The summed E-state index contributed by atoms with van der Waals surface area (Å²) in [6, 6.07) is 13.7. The summed E-state index contributed by atoms with van der Waals surface area (Å²) in [7, 11) is 0. The van der Waals surface area contributed by atoms with E-state index in [1.807, 2.05) is 0 Å². The highest BCUT2D eigenvalue weighted by atomic mass is 15.1. The smallest absolute Gasteiger partial charge is 0.141 e. The number of aromatic nitrogens is 2. The number of hydrogen-bond donors (Lipinski definition) is 1. The van der Waals surface area contributed by atoms with Crippen LogP contribution in [0.4, 0.5) is 0 Å². The zero-order valence-electron chi connectivity index (χ0n) is 14.8. The number of hydrogen-bond acceptors (Lipinski definition) is 2. The van der Waals surface area contributed by atoms with E-state index in [-0.39, 0.29) is 0 Å². The minimum Gasteiger partial charge on any atom is -0.321 e. The van der Waals surface area contributed by atoms with Gasteiger partial charge in [-0.3, -0.25) is 0 Å². The molecule has 0 atom stereocenters. The number of fused-ring (bicyclic) bond motifs is 1. The van der Waals surface area contributed by atoms with E-state index in [1.54, 1.807) is 0 Å². The summed E-state index contributed by atoms with van der Waals surface area (Å²) in [4.78, 5) is 5.06. The fourth-order valence-electron chi connectivity index (χ4n) is 3.80. The maximum Gasteiger partial charge on any atom is 0.141 e. The molecule has 1 fully saturated rings. The van der Waals surface area contributed by atoms with Crippen LogP contribution in [0.3, 0.4) is 0 Å². The van der Waals surface area contributed by atoms with Crippen LogP contribution in [-0.4, -0.2) is 22.6 Å². The largest absolute Gasteiger partial charge is 0.321 e. The average Bonchev–Trinajstić information content (AvgIpc) is 2.94. The zero-order chi connectivity index (χ0) is 16.7. The number of nitrogens with one attached hydrogen (secondary N) is 1. The fourth-order valence-corrected chi connectivity index (χ4v) is 3.80. The Kier molecular flexibility index (Phi) is 3.89. The van der Waals surface area contributed by atoms with E-state index in [0.717, 1.165) is 37.3 Å². The van der Waals surface area contributed by atoms with Crippen LogP contribution in [0.25, 0.3) is 22.4 Å². The molecule has 1 aliphatic rings. The second kappa shape index (κ2) is 6.06. The number of aryl methyl sites for hydroxylation is 3. The summed E-state index contributed by atoms with van der Waals surface area (Å²) in [6.07, 6.45) is 2.33. The summed E-state index contributed by atoms with van der Waals surface area (Å²) in [6.45, 7) is 8.72. The van der Waals surface area contributed by atoms with E-state index in [9.17, 15) is 0 Å². The minimum absolute atomic E-state index is 0.521. The molecular weight excluding hydrogens is 294 g/mol. The summed E-state index contributed by atoms with van der Waals surface area (Å²) < 4.78 is 2.50. The highest BCUT2D eigenvalue weighted by Gasteiger charge is 2.23. The Bertz CT molecular complexity index is 885. The van der Waals surface area contributed by atoms with Crippen molar-refractivity contribution in [3.63, 3.8) is 0 Å². The van der Waals surface area contributed by atoms with Crippen molar-refractivity contribution >= 4 is 11.0 Å². The molecule has 0 radical (unpaired) electrons. The van der Waals surface area contributed by atoms with E-state index in [1.165, 1.54) is 27.8 Å². The van der Waals surface area contributed by atoms with Gasteiger partial charge in [0, 0.05) is 11.6 Å². The molecule has 1 saturated heterocycles. The van der Waals surface area contributed by atoms with E-state index < -0.39 is 0 Å². The average molecular weight is 319 g/mol. The Hall–Kier alpha value is -2.13. The normalized spacial score (nSPS) is 16.0. The van der Waals surface area contributed by atoms with Gasteiger partial charge in [0.2, 0.25) is 0 Å². The van der Waals surface area contributed by atoms with Crippen molar-refractivity contribution in [3.05, 3.63) is 53.1 Å². The first kappa shape index (κ1) is 15.4. The van der Waals surface area contributed by atoms with Crippen molar-refractivity contribution in [3.8, 4) is 11.4 Å². The summed E-state index contributed by atoms with van der Waals surface area (Å²) in [5.74, 6) is 1.13. The van der Waals surface area contributed by atoms with Crippen LogP contribution in [0.5, 0.6) is 0 Å². The molecule has 1 aliphatic heterocycles. The fraction of sp³-hybridized carbons (Fsp3) is 0.381. The molecule has 124 valence electrons. The SMILES string of the molecule is Cc1cc2nc(-c3ccccc3C)n(C3CCNCC3)c2cc1C. The van der Waals surface area contributed by atoms with Crippen molar-refractivity contribution in [2.75, 3.05) is 13.1 Å². The van der Waals surface area contributed by atoms with Gasteiger partial charge in [-0.1, -0.05) is 24.3 Å². The highest BCUT2D eigenvalue weighted by Crippen LogP contribution is 2.34. The molecule has 0 unspecified atom stereocenters. The lowest BCUT2D eigenvalue weighted by molar-refractivity contribution is 0.377. The zero-order valence-corrected chi connectivity index (χ0v) is 14.8. The number of rotatable bonds is 2. The van der Waals surface area contributed by atoms with Gasteiger partial charge >= 0.3 is 0 Å². The van der Waals surface area contributed by atoms with Gasteiger partial charge in [0.15, 0.2) is 0 Å². The lowest BCUT2D eigenvalue weighted by atomic mass is 10.0. The second-order valence-electron chi connectivity index (χ2n) is 7.03. The van der Waals surface area contributed by atoms with Crippen molar-refractivity contribution < 1.29 is 0 Å².